The monoisotopic (exact) mass is 363 g/mol. The molecule has 144 valence electrons. The van der Waals surface area contributed by atoms with Gasteiger partial charge in [-0.2, -0.15) is 0 Å². The van der Waals surface area contributed by atoms with Crippen LogP contribution >= 0.6 is 0 Å². The smallest absolute Gasteiger partial charge is 0.227 e. The van der Waals surface area contributed by atoms with Gasteiger partial charge in [-0.25, -0.2) is 0 Å². The van der Waals surface area contributed by atoms with Crippen LogP contribution in [0, 0.1) is 0 Å². The fourth-order valence-corrected chi connectivity index (χ4v) is 4.08. The van der Waals surface area contributed by atoms with Crippen LogP contribution in [0.5, 0.6) is 11.5 Å². The number of aliphatic hydroxyl groups is 1. The van der Waals surface area contributed by atoms with E-state index >= 15 is 0 Å². The zero-order chi connectivity index (χ0) is 18.8. The Bertz CT molecular complexity index is 650. The van der Waals surface area contributed by atoms with Crippen LogP contribution in [0.3, 0.4) is 0 Å². The van der Waals surface area contributed by atoms with Gasteiger partial charge in [0.15, 0.2) is 0 Å². The fraction of sp³-hybridized carbons (Fsp3) is 0.650. The molecule has 3 rings (SSSR count). The van der Waals surface area contributed by atoms with Crippen LogP contribution in [0.1, 0.15) is 38.2 Å². The molecule has 0 aromatic heterocycles. The number of carbonyl (C=O) groups excluding carboxylic acids is 1. The van der Waals surface area contributed by atoms with E-state index in [-0.39, 0.29) is 11.5 Å². The quantitative estimate of drug-likeness (QED) is 0.888. The molecule has 6 heteroatoms. The Balaban J connectivity index is 1.61. The van der Waals surface area contributed by atoms with Crippen molar-refractivity contribution in [2.24, 2.45) is 0 Å². The number of amides is 1. The number of hydrogen-bond acceptors (Lipinski definition) is 5. The Morgan fingerprint density at radius 2 is 1.96 bits per heavy atom. The number of rotatable bonds is 4. The summed E-state index contributed by atoms with van der Waals surface area (Å²) in [6, 6.07) is 5.52. The summed E-state index contributed by atoms with van der Waals surface area (Å²) in [6.45, 7) is 3.79. The summed E-state index contributed by atoms with van der Waals surface area (Å²) in [5, 5.41) is 10.4. The second-order valence-electron chi connectivity index (χ2n) is 7.69. The lowest BCUT2D eigenvalue weighted by molar-refractivity contribution is -0.175. The molecule has 1 aromatic rings. The molecule has 2 fully saturated rings. The zero-order valence-corrected chi connectivity index (χ0v) is 15.9. The molecule has 1 amide bonds. The molecule has 1 spiro atoms. The Kier molecular flexibility index (Phi) is 5.44. The van der Waals surface area contributed by atoms with Crippen molar-refractivity contribution in [2.75, 3.05) is 33.9 Å². The van der Waals surface area contributed by atoms with Crippen LogP contribution in [-0.2, 0) is 16.0 Å². The SMILES string of the molecule is COc1ccc(CC(=O)N2CCC3(CC2)CC(C)(O)CCO3)c(OC)c1. The van der Waals surface area contributed by atoms with Gasteiger partial charge >= 0.3 is 0 Å². The molecule has 1 N–H and O–H groups in total. The highest BCUT2D eigenvalue weighted by molar-refractivity contribution is 5.79. The maximum atomic E-state index is 12.7. The molecule has 1 unspecified atom stereocenters. The summed E-state index contributed by atoms with van der Waals surface area (Å²) < 4.78 is 16.6. The minimum Gasteiger partial charge on any atom is -0.497 e. The van der Waals surface area contributed by atoms with Crippen LogP contribution in [0.15, 0.2) is 18.2 Å². The molecule has 2 aliphatic rings. The van der Waals surface area contributed by atoms with Crippen molar-refractivity contribution in [3.8, 4) is 11.5 Å². The van der Waals surface area contributed by atoms with E-state index in [0.29, 0.717) is 50.5 Å². The maximum absolute atomic E-state index is 12.7. The normalized spacial score (nSPS) is 25.2. The van der Waals surface area contributed by atoms with Crippen molar-refractivity contribution in [1.82, 2.24) is 4.90 Å². The molecule has 2 saturated heterocycles. The summed E-state index contributed by atoms with van der Waals surface area (Å²) in [4.78, 5) is 14.6. The van der Waals surface area contributed by atoms with Crippen LogP contribution in [0.25, 0.3) is 0 Å². The van der Waals surface area contributed by atoms with E-state index < -0.39 is 5.60 Å². The minimum atomic E-state index is -0.666. The van der Waals surface area contributed by atoms with E-state index in [0.717, 1.165) is 18.4 Å². The predicted octanol–water partition coefficient (Wildman–Crippen LogP) is 2.17. The van der Waals surface area contributed by atoms with Crippen molar-refractivity contribution < 1.29 is 24.1 Å². The van der Waals surface area contributed by atoms with Gasteiger partial charge in [-0.3, -0.25) is 4.79 Å². The first-order chi connectivity index (χ1) is 12.4. The summed E-state index contributed by atoms with van der Waals surface area (Å²) >= 11 is 0. The van der Waals surface area contributed by atoms with E-state index in [1.165, 1.54) is 0 Å². The Morgan fingerprint density at radius 1 is 1.23 bits per heavy atom. The van der Waals surface area contributed by atoms with Crippen LogP contribution in [-0.4, -0.2) is 61.0 Å². The molecule has 26 heavy (non-hydrogen) atoms. The Labute approximate surface area is 155 Å². The van der Waals surface area contributed by atoms with Crippen molar-refractivity contribution in [2.45, 2.75) is 50.2 Å². The number of hydrogen-bond donors (Lipinski definition) is 1. The highest BCUT2D eigenvalue weighted by Crippen LogP contribution is 2.39. The highest BCUT2D eigenvalue weighted by atomic mass is 16.5. The first-order valence-corrected chi connectivity index (χ1v) is 9.21. The molecule has 2 heterocycles. The summed E-state index contributed by atoms with van der Waals surface area (Å²) in [6.07, 6.45) is 3.17. The van der Waals surface area contributed by atoms with Gasteiger partial charge in [-0.1, -0.05) is 6.07 Å². The molecular weight excluding hydrogens is 334 g/mol. The molecule has 0 bridgehead atoms. The molecule has 1 aromatic carbocycles. The fourth-order valence-electron chi connectivity index (χ4n) is 4.08. The predicted molar refractivity (Wildman–Crippen MR) is 97.6 cm³/mol. The van der Waals surface area contributed by atoms with E-state index in [1.807, 2.05) is 24.0 Å². The van der Waals surface area contributed by atoms with Crippen molar-refractivity contribution in [1.29, 1.82) is 0 Å². The summed E-state index contributed by atoms with van der Waals surface area (Å²) in [7, 11) is 3.20. The van der Waals surface area contributed by atoms with E-state index in [1.54, 1.807) is 20.3 Å². The molecule has 0 aliphatic carbocycles. The lowest BCUT2D eigenvalue weighted by Crippen LogP contribution is -2.54. The van der Waals surface area contributed by atoms with Gasteiger partial charge in [0.25, 0.3) is 0 Å². The summed E-state index contributed by atoms with van der Waals surface area (Å²) in [5.41, 5.74) is -0.0903. The van der Waals surface area contributed by atoms with Gasteiger partial charge in [0.1, 0.15) is 11.5 Å². The van der Waals surface area contributed by atoms with Gasteiger partial charge < -0.3 is 24.2 Å². The number of carbonyl (C=O) groups is 1. The van der Waals surface area contributed by atoms with Crippen LogP contribution in [0.2, 0.25) is 0 Å². The summed E-state index contributed by atoms with van der Waals surface area (Å²) in [5.74, 6) is 1.46. The van der Waals surface area contributed by atoms with Crippen molar-refractivity contribution in [3.63, 3.8) is 0 Å². The lowest BCUT2D eigenvalue weighted by Gasteiger charge is -2.48. The average molecular weight is 363 g/mol. The van der Waals surface area contributed by atoms with Gasteiger partial charge in [0, 0.05) is 31.1 Å². The second kappa shape index (κ2) is 7.45. The first-order valence-electron chi connectivity index (χ1n) is 9.21. The number of piperidine rings is 1. The lowest BCUT2D eigenvalue weighted by atomic mass is 9.78. The van der Waals surface area contributed by atoms with Crippen LogP contribution < -0.4 is 9.47 Å². The third-order valence-corrected chi connectivity index (χ3v) is 5.62. The number of likely N-dealkylation sites (tertiary alicyclic amines) is 1. The third kappa shape index (κ3) is 4.13. The van der Waals surface area contributed by atoms with Gasteiger partial charge in [-0.05, 0) is 32.3 Å². The third-order valence-electron chi connectivity index (χ3n) is 5.62. The van der Waals surface area contributed by atoms with Crippen molar-refractivity contribution in [3.05, 3.63) is 23.8 Å². The number of ether oxygens (including phenoxy) is 3. The second-order valence-corrected chi connectivity index (χ2v) is 7.69. The molecular formula is C20H29NO5. The zero-order valence-electron chi connectivity index (χ0n) is 15.9. The standard InChI is InChI=1S/C20H29NO5/c1-19(23)8-11-26-20(14-19)6-9-21(10-7-20)18(22)12-15-4-5-16(24-2)13-17(15)25-3/h4-5,13,23H,6-12,14H2,1-3H3. The molecule has 6 nitrogen and oxygen atoms in total. The number of nitrogens with zero attached hydrogens (tertiary/aromatic N) is 1. The van der Waals surface area contributed by atoms with E-state index in [9.17, 15) is 9.90 Å². The molecule has 2 aliphatic heterocycles. The Morgan fingerprint density at radius 3 is 2.58 bits per heavy atom. The van der Waals surface area contributed by atoms with E-state index in [4.69, 9.17) is 14.2 Å². The number of benzene rings is 1. The molecule has 0 saturated carbocycles. The minimum absolute atomic E-state index is 0.0888. The van der Waals surface area contributed by atoms with Gasteiger partial charge in [-0.15, -0.1) is 0 Å². The Hall–Kier alpha value is -1.79. The number of methoxy groups -OCH3 is 2. The van der Waals surface area contributed by atoms with Gasteiger partial charge in [0.2, 0.25) is 5.91 Å². The van der Waals surface area contributed by atoms with Gasteiger partial charge in [0.05, 0.1) is 38.4 Å². The molecule has 0 radical (unpaired) electrons. The highest BCUT2D eigenvalue weighted by Gasteiger charge is 2.44. The average Bonchev–Trinajstić information content (AvgIpc) is 2.61. The molecule has 1 atom stereocenters. The van der Waals surface area contributed by atoms with Crippen molar-refractivity contribution >= 4 is 5.91 Å². The topological polar surface area (TPSA) is 68.2 Å². The maximum Gasteiger partial charge on any atom is 0.227 e. The largest absolute Gasteiger partial charge is 0.497 e. The first kappa shape index (κ1) is 19.0. The van der Waals surface area contributed by atoms with E-state index in [2.05, 4.69) is 0 Å². The van der Waals surface area contributed by atoms with Crippen LogP contribution in [0.4, 0.5) is 0 Å².